The summed E-state index contributed by atoms with van der Waals surface area (Å²) in [5.41, 5.74) is 3.30. The van der Waals surface area contributed by atoms with Crippen molar-refractivity contribution < 1.29 is 13.2 Å². The number of hydrogen-bond acceptors (Lipinski definition) is 4. The molecule has 1 aromatic heterocycles. The fourth-order valence-electron chi connectivity index (χ4n) is 3.57. The standard InChI is InChI=1S/C25H23ClN4O3S/c1-17-6-5-8-21(14-17)29-34(32,33)24-15-19(10-11-22(24)26)25(31)28-16-20-7-3-4-9-23(20)30-13-12-27-18(30)2/h3-15,29H,16H2,1-2H3,(H,28,31). The number of rotatable bonds is 7. The molecular weight excluding hydrogens is 472 g/mol. The third-order valence-electron chi connectivity index (χ3n) is 5.27. The monoisotopic (exact) mass is 494 g/mol. The van der Waals surface area contributed by atoms with Crippen LogP contribution in [-0.4, -0.2) is 23.9 Å². The number of nitrogens with zero attached hydrogens (tertiary/aromatic N) is 2. The predicted octanol–water partition coefficient (Wildman–Crippen LogP) is 4.87. The van der Waals surface area contributed by atoms with Crippen LogP contribution in [0.5, 0.6) is 0 Å². The molecule has 0 aliphatic carbocycles. The number of carbonyl (C=O) groups is 1. The second-order valence-corrected chi connectivity index (χ2v) is 9.83. The largest absolute Gasteiger partial charge is 0.348 e. The summed E-state index contributed by atoms with van der Waals surface area (Å²) in [6.07, 6.45) is 3.57. The Morgan fingerprint density at radius 1 is 1.03 bits per heavy atom. The van der Waals surface area contributed by atoms with Crippen LogP contribution in [0.4, 0.5) is 5.69 Å². The van der Waals surface area contributed by atoms with Crippen LogP contribution in [0.1, 0.15) is 27.3 Å². The topological polar surface area (TPSA) is 93.1 Å². The summed E-state index contributed by atoms with van der Waals surface area (Å²) in [5.74, 6) is 0.410. The van der Waals surface area contributed by atoms with Crippen molar-refractivity contribution in [2.45, 2.75) is 25.3 Å². The number of sulfonamides is 1. The Hall–Kier alpha value is -3.62. The summed E-state index contributed by atoms with van der Waals surface area (Å²) < 4.78 is 30.4. The van der Waals surface area contributed by atoms with Gasteiger partial charge in [-0.3, -0.25) is 9.52 Å². The highest BCUT2D eigenvalue weighted by Gasteiger charge is 2.21. The summed E-state index contributed by atoms with van der Waals surface area (Å²) in [6.45, 7) is 4.01. The van der Waals surface area contributed by atoms with Crippen LogP contribution >= 0.6 is 11.6 Å². The van der Waals surface area contributed by atoms with Crippen molar-refractivity contribution >= 4 is 33.2 Å². The van der Waals surface area contributed by atoms with Crippen molar-refractivity contribution in [3.8, 4) is 5.69 Å². The first-order valence-electron chi connectivity index (χ1n) is 10.5. The Kier molecular flexibility index (Phi) is 6.72. The normalized spacial score (nSPS) is 11.3. The summed E-state index contributed by atoms with van der Waals surface area (Å²) in [4.78, 5) is 17.0. The van der Waals surface area contributed by atoms with E-state index in [0.29, 0.717) is 5.69 Å². The van der Waals surface area contributed by atoms with Crippen LogP contribution in [0.2, 0.25) is 5.02 Å². The summed E-state index contributed by atoms with van der Waals surface area (Å²) in [5, 5.41) is 2.89. The summed E-state index contributed by atoms with van der Waals surface area (Å²) in [7, 11) is -4.00. The van der Waals surface area contributed by atoms with Gasteiger partial charge in [-0.25, -0.2) is 13.4 Å². The minimum absolute atomic E-state index is 0.0256. The molecule has 2 N–H and O–H groups in total. The molecule has 0 unspecified atom stereocenters. The van der Waals surface area contributed by atoms with Gasteiger partial charge in [-0.2, -0.15) is 0 Å². The predicted molar refractivity (Wildman–Crippen MR) is 133 cm³/mol. The number of aryl methyl sites for hydroxylation is 2. The van der Waals surface area contributed by atoms with E-state index < -0.39 is 15.9 Å². The molecule has 4 rings (SSSR count). The first-order valence-corrected chi connectivity index (χ1v) is 12.4. The van der Waals surface area contributed by atoms with Gasteiger partial charge >= 0.3 is 0 Å². The van der Waals surface area contributed by atoms with Crippen LogP contribution in [0.25, 0.3) is 5.69 Å². The highest BCUT2D eigenvalue weighted by atomic mass is 35.5. The maximum absolute atomic E-state index is 13.0. The Bertz CT molecular complexity index is 1460. The van der Waals surface area contributed by atoms with E-state index in [9.17, 15) is 13.2 Å². The highest BCUT2D eigenvalue weighted by molar-refractivity contribution is 7.92. The van der Waals surface area contributed by atoms with Gasteiger partial charge in [0.15, 0.2) is 0 Å². The van der Waals surface area contributed by atoms with Gasteiger partial charge in [0.2, 0.25) is 0 Å². The average molecular weight is 495 g/mol. The van der Waals surface area contributed by atoms with Gasteiger partial charge in [0.25, 0.3) is 15.9 Å². The molecule has 7 nitrogen and oxygen atoms in total. The Balaban J connectivity index is 1.55. The lowest BCUT2D eigenvalue weighted by Gasteiger charge is -2.14. The number of aromatic nitrogens is 2. The van der Waals surface area contributed by atoms with Crippen molar-refractivity contribution in [1.82, 2.24) is 14.9 Å². The molecular formula is C25H23ClN4O3S. The maximum atomic E-state index is 13.0. The molecule has 1 heterocycles. The first-order chi connectivity index (χ1) is 16.2. The molecule has 0 bridgehead atoms. The Labute approximate surface area is 203 Å². The van der Waals surface area contributed by atoms with Gasteiger partial charge < -0.3 is 9.88 Å². The molecule has 0 aliphatic rings. The molecule has 4 aromatic rings. The van der Waals surface area contributed by atoms with Gasteiger partial charge in [-0.15, -0.1) is 0 Å². The average Bonchev–Trinajstić information content (AvgIpc) is 3.23. The van der Waals surface area contributed by atoms with Gasteiger partial charge in [-0.05, 0) is 61.4 Å². The second-order valence-electron chi connectivity index (χ2n) is 7.78. The van der Waals surface area contributed by atoms with E-state index in [1.807, 2.05) is 54.9 Å². The fraction of sp³-hybridized carbons (Fsp3) is 0.120. The van der Waals surface area contributed by atoms with Crippen molar-refractivity contribution in [3.05, 3.63) is 107 Å². The van der Waals surface area contributed by atoms with E-state index in [-0.39, 0.29) is 22.0 Å². The highest BCUT2D eigenvalue weighted by Crippen LogP contribution is 2.25. The third kappa shape index (κ3) is 5.13. The number of anilines is 1. The molecule has 0 saturated heterocycles. The number of hydrogen-bond donors (Lipinski definition) is 2. The SMILES string of the molecule is Cc1cccc(NS(=O)(=O)c2cc(C(=O)NCc3ccccc3-n3ccnc3C)ccc2Cl)c1. The van der Waals surface area contributed by atoms with E-state index in [1.54, 1.807) is 24.4 Å². The van der Waals surface area contributed by atoms with Gasteiger partial charge in [0.05, 0.1) is 10.7 Å². The van der Waals surface area contributed by atoms with Gasteiger partial charge in [0, 0.05) is 30.2 Å². The maximum Gasteiger partial charge on any atom is 0.263 e. The molecule has 3 aromatic carbocycles. The number of para-hydroxylation sites is 1. The second kappa shape index (κ2) is 9.70. The van der Waals surface area contributed by atoms with Gasteiger partial charge in [0.1, 0.15) is 10.7 Å². The molecule has 9 heteroatoms. The van der Waals surface area contributed by atoms with Crippen molar-refractivity contribution in [1.29, 1.82) is 0 Å². The molecule has 0 radical (unpaired) electrons. The van der Waals surface area contributed by atoms with Crippen molar-refractivity contribution in [3.63, 3.8) is 0 Å². The molecule has 0 fully saturated rings. The first kappa shape index (κ1) is 23.5. The number of carbonyl (C=O) groups excluding carboxylic acids is 1. The smallest absolute Gasteiger partial charge is 0.263 e. The molecule has 0 saturated carbocycles. The quantitative estimate of drug-likeness (QED) is 0.383. The lowest BCUT2D eigenvalue weighted by atomic mass is 10.1. The van der Waals surface area contributed by atoms with E-state index in [0.717, 1.165) is 22.6 Å². The number of imidazole rings is 1. The number of nitrogens with one attached hydrogen (secondary N) is 2. The molecule has 0 spiro atoms. The van der Waals surface area contributed by atoms with E-state index in [2.05, 4.69) is 15.0 Å². The molecule has 0 aliphatic heterocycles. The van der Waals surface area contributed by atoms with Crippen LogP contribution in [-0.2, 0) is 16.6 Å². The zero-order valence-corrected chi connectivity index (χ0v) is 20.2. The van der Waals surface area contributed by atoms with Gasteiger partial charge in [-0.1, -0.05) is 41.9 Å². The fourth-order valence-corrected chi connectivity index (χ4v) is 5.15. The molecule has 0 atom stereocenters. The lowest BCUT2D eigenvalue weighted by Crippen LogP contribution is -2.24. The van der Waals surface area contributed by atoms with E-state index >= 15 is 0 Å². The van der Waals surface area contributed by atoms with Crippen molar-refractivity contribution in [2.75, 3.05) is 4.72 Å². The van der Waals surface area contributed by atoms with Crippen LogP contribution in [0.15, 0.2) is 84.0 Å². The summed E-state index contributed by atoms with van der Waals surface area (Å²) >= 11 is 6.19. The molecule has 174 valence electrons. The van der Waals surface area contributed by atoms with Crippen molar-refractivity contribution in [2.24, 2.45) is 0 Å². The van der Waals surface area contributed by atoms with E-state index in [1.165, 1.54) is 18.2 Å². The molecule has 34 heavy (non-hydrogen) atoms. The van der Waals surface area contributed by atoms with E-state index in [4.69, 9.17) is 11.6 Å². The number of benzene rings is 3. The third-order valence-corrected chi connectivity index (χ3v) is 7.13. The number of amides is 1. The zero-order valence-electron chi connectivity index (χ0n) is 18.6. The minimum atomic E-state index is -4.00. The minimum Gasteiger partial charge on any atom is -0.348 e. The summed E-state index contributed by atoms with van der Waals surface area (Å²) in [6, 6.07) is 18.8. The molecule has 1 amide bonds. The number of halogens is 1. The van der Waals surface area contributed by atoms with Crippen LogP contribution in [0.3, 0.4) is 0 Å². The zero-order chi connectivity index (χ0) is 24.3. The lowest BCUT2D eigenvalue weighted by molar-refractivity contribution is 0.0950. The van der Waals surface area contributed by atoms with Crippen LogP contribution < -0.4 is 10.0 Å². The Morgan fingerprint density at radius 2 is 1.82 bits per heavy atom. The Morgan fingerprint density at radius 3 is 2.56 bits per heavy atom. The van der Waals surface area contributed by atoms with Crippen LogP contribution in [0, 0.1) is 13.8 Å².